The predicted octanol–water partition coefficient (Wildman–Crippen LogP) is 6.31. The van der Waals surface area contributed by atoms with Gasteiger partial charge in [0, 0.05) is 57.9 Å². The van der Waals surface area contributed by atoms with Crippen LogP contribution in [0.15, 0.2) is 66.2 Å². The summed E-state index contributed by atoms with van der Waals surface area (Å²) in [5.41, 5.74) is 2.25. The molecule has 2 bridgehead atoms. The van der Waals surface area contributed by atoms with Crippen LogP contribution in [0.25, 0.3) is 0 Å². The molecule has 6 nitrogen and oxygen atoms in total. The van der Waals surface area contributed by atoms with Crippen molar-refractivity contribution in [3.05, 3.63) is 77.4 Å². The molecule has 2 fully saturated rings. The van der Waals surface area contributed by atoms with Gasteiger partial charge in [0.05, 0.1) is 5.56 Å². The van der Waals surface area contributed by atoms with Gasteiger partial charge in [0.25, 0.3) is 0 Å². The lowest BCUT2D eigenvalue weighted by molar-refractivity contribution is -0.137. The van der Waals surface area contributed by atoms with E-state index >= 15 is 0 Å². The van der Waals surface area contributed by atoms with Gasteiger partial charge in [0.2, 0.25) is 5.91 Å². The van der Waals surface area contributed by atoms with Gasteiger partial charge in [-0.05, 0) is 66.3 Å². The zero-order valence-electron chi connectivity index (χ0n) is 24.5. The normalized spacial score (nSPS) is 21.7. The molecule has 9 heteroatoms. The highest BCUT2D eigenvalue weighted by molar-refractivity contribution is 5.89. The Morgan fingerprint density at radius 1 is 1.00 bits per heavy atom. The summed E-state index contributed by atoms with van der Waals surface area (Å²) in [5, 5.41) is 2.82. The second-order valence-corrected chi connectivity index (χ2v) is 12.5. The van der Waals surface area contributed by atoms with Gasteiger partial charge in [-0.1, -0.05) is 55.8 Å². The minimum absolute atomic E-state index is 0.168. The van der Waals surface area contributed by atoms with E-state index in [0.717, 1.165) is 50.0 Å². The number of amides is 3. The highest BCUT2D eigenvalue weighted by Crippen LogP contribution is 2.59. The van der Waals surface area contributed by atoms with Crippen LogP contribution < -0.4 is 5.32 Å². The van der Waals surface area contributed by atoms with E-state index in [1.54, 1.807) is 4.90 Å². The van der Waals surface area contributed by atoms with Gasteiger partial charge >= 0.3 is 12.2 Å². The van der Waals surface area contributed by atoms with Gasteiger partial charge in [-0.25, -0.2) is 4.79 Å². The van der Waals surface area contributed by atoms with Crippen LogP contribution in [0.1, 0.15) is 44.2 Å². The van der Waals surface area contributed by atoms with Crippen molar-refractivity contribution in [2.24, 2.45) is 17.3 Å². The van der Waals surface area contributed by atoms with Gasteiger partial charge in [-0.2, -0.15) is 13.2 Å². The molecule has 2 atom stereocenters. The summed E-state index contributed by atoms with van der Waals surface area (Å²) >= 11 is 0. The third-order valence-electron chi connectivity index (χ3n) is 9.59. The van der Waals surface area contributed by atoms with Crippen LogP contribution in [-0.4, -0.2) is 72.5 Å². The molecule has 2 aromatic rings. The number of allylic oxidation sites excluding steroid dienone is 1. The Hall–Kier alpha value is -3.33. The third-order valence-corrected chi connectivity index (χ3v) is 9.59. The molecular formula is C33H41F3N4O2. The van der Waals surface area contributed by atoms with Crippen molar-refractivity contribution in [3.63, 3.8) is 0 Å². The van der Waals surface area contributed by atoms with Gasteiger partial charge in [-0.3, -0.25) is 9.69 Å². The van der Waals surface area contributed by atoms with Crippen molar-refractivity contribution >= 4 is 17.6 Å². The quantitative estimate of drug-likeness (QED) is 0.353. The molecule has 1 saturated heterocycles. The number of anilines is 1. The van der Waals surface area contributed by atoms with E-state index in [9.17, 15) is 22.8 Å². The van der Waals surface area contributed by atoms with Gasteiger partial charge in [0.15, 0.2) is 0 Å². The van der Waals surface area contributed by atoms with Crippen molar-refractivity contribution in [2.75, 3.05) is 51.1 Å². The summed E-state index contributed by atoms with van der Waals surface area (Å²) in [6.45, 7) is 9.06. The number of nitrogens with one attached hydrogen (secondary N) is 1. The molecule has 1 aliphatic heterocycles. The number of carbonyl (C=O) groups excluding carboxylic acids is 2. The van der Waals surface area contributed by atoms with Crippen molar-refractivity contribution in [1.29, 1.82) is 0 Å². The Morgan fingerprint density at radius 2 is 1.69 bits per heavy atom. The van der Waals surface area contributed by atoms with E-state index in [-0.39, 0.29) is 17.4 Å². The largest absolute Gasteiger partial charge is 0.416 e. The van der Waals surface area contributed by atoms with Crippen LogP contribution in [-0.2, 0) is 17.4 Å². The number of hydrogen-bond acceptors (Lipinski definition) is 3. The second-order valence-electron chi connectivity index (χ2n) is 12.5. The molecule has 4 aliphatic rings. The minimum atomic E-state index is -4.42. The number of rotatable bonds is 9. The van der Waals surface area contributed by atoms with Crippen LogP contribution in [0.2, 0.25) is 0 Å². The number of nitrogens with zero attached hydrogens (tertiary/aromatic N) is 3. The number of piperazine rings is 1. The Bertz CT molecular complexity index is 1270. The molecule has 3 amide bonds. The first-order valence-corrected chi connectivity index (χ1v) is 15.0. The smallest absolute Gasteiger partial charge is 0.340 e. The molecule has 6 rings (SSSR count). The fourth-order valence-electron chi connectivity index (χ4n) is 6.61. The average molecular weight is 583 g/mol. The van der Waals surface area contributed by atoms with Crippen LogP contribution in [0, 0.1) is 17.3 Å². The lowest BCUT2D eigenvalue weighted by Gasteiger charge is -2.57. The number of urea groups is 1. The van der Waals surface area contributed by atoms with Crippen LogP contribution >= 0.6 is 0 Å². The van der Waals surface area contributed by atoms with E-state index in [1.165, 1.54) is 17.7 Å². The number of halogens is 3. The summed E-state index contributed by atoms with van der Waals surface area (Å²) < 4.78 is 39.0. The highest BCUT2D eigenvalue weighted by Gasteiger charge is 2.51. The van der Waals surface area contributed by atoms with Gasteiger partial charge < -0.3 is 15.1 Å². The standard InChI is InChI=1S/C33H41F3N4O2/c1-32(2)27-10-9-25(29(32)22-27)23-40(31(42)37-28-13-11-26(12-14-28)33(34,35)36)21-18-38-16-19-39(20-17-38)30(41)15-8-24-6-4-3-5-7-24/h3-7,9,11-14,27,29H,8,10,15-23H2,1-2H3,(H,37,42). The molecule has 0 spiro atoms. The molecule has 1 saturated carbocycles. The lowest BCUT2D eigenvalue weighted by Crippen LogP contribution is -2.52. The first-order valence-electron chi connectivity index (χ1n) is 15.0. The van der Waals surface area contributed by atoms with Crippen molar-refractivity contribution in [2.45, 2.75) is 45.7 Å². The van der Waals surface area contributed by atoms with E-state index in [0.29, 0.717) is 56.7 Å². The molecule has 226 valence electrons. The minimum Gasteiger partial charge on any atom is -0.340 e. The molecule has 2 unspecified atom stereocenters. The first-order chi connectivity index (χ1) is 20.0. The molecule has 3 aliphatic carbocycles. The maximum atomic E-state index is 13.4. The lowest BCUT2D eigenvalue weighted by atomic mass is 9.49. The molecule has 0 radical (unpaired) electrons. The third kappa shape index (κ3) is 7.00. The Morgan fingerprint density at radius 3 is 2.31 bits per heavy atom. The van der Waals surface area contributed by atoms with Crippen molar-refractivity contribution < 1.29 is 22.8 Å². The highest BCUT2D eigenvalue weighted by atomic mass is 19.4. The van der Waals surface area contributed by atoms with Crippen molar-refractivity contribution in [3.8, 4) is 0 Å². The number of aryl methyl sites for hydroxylation is 1. The Balaban J connectivity index is 1.16. The fraction of sp³-hybridized carbons (Fsp3) is 0.515. The van der Waals surface area contributed by atoms with E-state index in [1.807, 2.05) is 35.2 Å². The average Bonchev–Trinajstić information content (AvgIpc) is 2.98. The monoisotopic (exact) mass is 582 g/mol. The molecule has 2 aromatic carbocycles. The summed E-state index contributed by atoms with van der Waals surface area (Å²) in [6.07, 6.45) is 1.25. The maximum absolute atomic E-state index is 13.4. The predicted molar refractivity (Wildman–Crippen MR) is 158 cm³/mol. The first kappa shape index (κ1) is 30.1. The zero-order chi connectivity index (χ0) is 29.9. The molecule has 42 heavy (non-hydrogen) atoms. The van der Waals surface area contributed by atoms with Gasteiger partial charge in [-0.15, -0.1) is 0 Å². The number of alkyl halides is 3. The zero-order valence-corrected chi connectivity index (χ0v) is 24.5. The number of hydrogen-bond donors (Lipinski definition) is 1. The van der Waals surface area contributed by atoms with E-state index < -0.39 is 11.7 Å². The second kappa shape index (κ2) is 12.5. The summed E-state index contributed by atoms with van der Waals surface area (Å²) in [5.74, 6) is 1.30. The Kier molecular flexibility index (Phi) is 8.97. The molecule has 0 aromatic heterocycles. The fourth-order valence-corrected chi connectivity index (χ4v) is 6.61. The van der Waals surface area contributed by atoms with Crippen LogP contribution in [0.4, 0.5) is 23.7 Å². The van der Waals surface area contributed by atoms with Crippen LogP contribution in [0.5, 0.6) is 0 Å². The summed E-state index contributed by atoms with van der Waals surface area (Å²) in [6, 6.07) is 14.3. The number of carbonyl (C=O) groups is 2. The maximum Gasteiger partial charge on any atom is 0.416 e. The SMILES string of the molecule is CC1(C)C2CC=C(CN(CCN3CCN(C(=O)CCc4ccccc4)CC3)C(=O)Nc3ccc(C(F)(F)F)cc3)C1C2. The number of benzene rings is 2. The molecular weight excluding hydrogens is 541 g/mol. The van der Waals surface area contributed by atoms with E-state index in [4.69, 9.17) is 0 Å². The van der Waals surface area contributed by atoms with Crippen molar-refractivity contribution in [1.82, 2.24) is 14.7 Å². The Labute approximate surface area is 246 Å². The molecule has 1 N–H and O–H groups in total. The van der Waals surface area contributed by atoms with Gasteiger partial charge in [0.1, 0.15) is 0 Å². The van der Waals surface area contributed by atoms with Crippen LogP contribution in [0.3, 0.4) is 0 Å². The summed E-state index contributed by atoms with van der Waals surface area (Å²) in [7, 11) is 0. The summed E-state index contributed by atoms with van der Waals surface area (Å²) in [4.78, 5) is 32.2. The topological polar surface area (TPSA) is 55.9 Å². The van der Waals surface area contributed by atoms with E-state index in [2.05, 4.69) is 30.1 Å². The molecule has 1 heterocycles. The number of fused-ring (bicyclic) bond motifs is 1.